The topological polar surface area (TPSA) is 63.2 Å². The fourth-order valence-corrected chi connectivity index (χ4v) is 2.13. The molecule has 0 unspecified atom stereocenters. The summed E-state index contributed by atoms with van der Waals surface area (Å²) in [5.41, 5.74) is 0. The van der Waals surface area contributed by atoms with Gasteiger partial charge in [-0.25, -0.2) is 0 Å². The molecule has 0 spiro atoms. The molecule has 1 saturated heterocycles. The summed E-state index contributed by atoms with van der Waals surface area (Å²) in [7, 11) is 1.81. The smallest absolute Gasteiger partial charge is 0.323 e. The lowest BCUT2D eigenvalue weighted by Gasteiger charge is -2.21. The standard InChI is InChI=1S/C13H23N5O/c1-10(2)19-13-16-11(14-3)15-12(17-13)18-8-6-4-5-7-9-18/h10H,4-9H2,1-3H3,(H,14,15,16,17). The third kappa shape index (κ3) is 3.94. The molecule has 1 N–H and O–H groups in total. The van der Waals surface area contributed by atoms with E-state index >= 15 is 0 Å². The van der Waals surface area contributed by atoms with Crippen molar-refractivity contribution in [2.24, 2.45) is 0 Å². The quantitative estimate of drug-likeness (QED) is 0.899. The Morgan fingerprint density at radius 1 is 1.05 bits per heavy atom. The third-order valence-corrected chi connectivity index (χ3v) is 3.06. The fourth-order valence-electron chi connectivity index (χ4n) is 2.13. The van der Waals surface area contributed by atoms with E-state index in [4.69, 9.17) is 4.74 Å². The number of anilines is 2. The monoisotopic (exact) mass is 265 g/mol. The molecule has 0 atom stereocenters. The van der Waals surface area contributed by atoms with Crippen molar-refractivity contribution in [3.63, 3.8) is 0 Å². The van der Waals surface area contributed by atoms with Gasteiger partial charge < -0.3 is 15.0 Å². The van der Waals surface area contributed by atoms with Gasteiger partial charge in [-0.15, -0.1) is 0 Å². The van der Waals surface area contributed by atoms with Gasteiger partial charge in [0.2, 0.25) is 11.9 Å². The lowest BCUT2D eigenvalue weighted by atomic mass is 10.2. The van der Waals surface area contributed by atoms with Gasteiger partial charge in [0.15, 0.2) is 0 Å². The highest BCUT2D eigenvalue weighted by Gasteiger charge is 2.16. The van der Waals surface area contributed by atoms with Gasteiger partial charge in [0.25, 0.3) is 0 Å². The Morgan fingerprint density at radius 3 is 2.32 bits per heavy atom. The van der Waals surface area contributed by atoms with E-state index in [0.717, 1.165) is 19.0 Å². The molecule has 106 valence electrons. The first-order valence-corrected chi connectivity index (χ1v) is 7.04. The van der Waals surface area contributed by atoms with Crippen molar-refractivity contribution in [2.75, 3.05) is 30.4 Å². The third-order valence-electron chi connectivity index (χ3n) is 3.06. The SMILES string of the molecule is CNc1nc(OC(C)C)nc(N2CCCCCC2)n1. The van der Waals surface area contributed by atoms with Crippen LogP contribution in [-0.4, -0.2) is 41.2 Å². The minimum Gasteiger partial charge on any atom is -0.461 e. The van der Waals surface area contributed by atoms with E-state index in [2.05, 4.69) is 25.2 Å². The highest BCUT2D eigenvalue weighted by Crippen LogP contribution is 2.19. The molecule has 0 bridgehead atoms. The lowest BCUT2D eigenvalue weighted by molar-refractivity contribution is 0.222. The number of aromatic nitrogens is 3. The summed E-state index contributed by atoms with van der Waals surface area (Å²) in [6, 6.07) is 0.397. The summed E-state index contributed by atoms with van der Waals surface area (Å²) >= 11 is 0. The van der Waals surface area contributed by atoms with Crippen molar-refractivity contribution in [3.05, 3.63) is 0 Å². The number of hydrogen-bond donors (Lipinski definition) is 1. The summed E-state index contributed by atoms with van der Waals surface area (Å²) in [6.45, 7) is 5.95. The van der Waals surface area contributed by atoms with Crippen LogP contribution in [0.15, 0.2) is 0 Å². The first-order valence-electron chi connectivity index (χ1n) is 7.04. The molecule has 1 aliphatic heterocycles. The minimum atomic E-state index is 0.0593. The number of ether oxygens (including phenoxy) is 1. The molecular weight excluding hydrogens is 242 g/mol. The largest absolute Gasteiger partial charge is 0.461 e. The molecule has 0 saturated carbocycles. The fraction of sp³-hybridized carbons (Fsp3) is 0.769. The Balaban J connectivity index is 2.22. The molecule has 6 nitrogen and oxygen atoms in total. The molecule has 0 amide bonds. The van der Waals surface area contributed by atoms with E-state index in [1.807, 2.05) is 13.8 Å². The molecule has 2 heterocycles. The summed E-state index contributed by atoms with van der Waals surface area (Å²) in [6.07, 6.45) is 5.03. The Kier molecular flexibility index (Phi) is 4.76. The first kappa shape index (κ1) is 13.8. The van der Waals surface area contributed by atoms with Crippen molar-refractivity contribution >= 4 is 11.9 Å². The Hall–Kier alpha value is -1.59. The summed E-state index contributed by atoms with van der Waals surface area (Å²) < 4.78 is 5.59. The Labute approximate surface area is 114 Å². The summed E-state index contributed by atoms with van der Waals surface area (Å²) in [4.78, 5) is 15.3. The molecule has 0 aromatic carbocycles. The zero-order valence-electron chi connectivity index (χ0n) is 12.0. The molecule has 6 heteroatoms. The second kappa shape index (κ2) is 6.54. The van der Waals surface area contributed by atoms with Crippen LogP contribution >= 0.6 is 0 Å². The zero-order chi connectivity index (χ0) is 13.7. The van der Waals surface area contributed by atoms with Crippen LogP contribution in [0.25, 0.3) is 0 Å². The van der Waals surface area contributed by atoms with Crippen molar-refractivity contribution in [2.45, 2.75) is 45.6 Å². The second-order valence-electron chi connectivity index (χ2n) is 5.06. The highest BCUT2D eigenvalue weighted by atomic mass is 16.5. The van der Waals surface area contributed by atoms with Crippen molar-refractivity contribution in [1.29, 1.82) is 0 Å². The molecule has 1 aromatic heterocycles. The molecule has 1 aromatic rings. The Morgan fingerprint density at radius 2 is 1.74 bits per heavy atom. The van der Waals surface area contributed by atoms with Gasteiger partial charge >= 0.3 is 6.01 Å². The van der Waals surface area contributed by atoms with E-state index < -0.39 is 0 Å². The number of hydrogen-bond acceptors (Lipinski definition) is 6. The van der Waals surface area contributed by atoms with Gasteiger partial charge in [0, 0.05) is 20.1 Å². The Bertz CT molecular complexity index is 402. The normalized spacial score (nSPS) is 16.3. The molecule has 19 heavy (non-hydrogen) atoms. The van der Waals surface area contributed by atoms with Gasteiger partial charge in [-0.1, -0.05) is 12.8 Å². The minimum absolute atomic E-state index is 0.0593. The van der Waals surface area contributed by atoms with Crippen LogP contribution < -0.4 is 15.0 Å². The number of nitrogens with zero attached hydrogens (tertiary/aromatic N) is 4. The van der Waals surface area contributed by atoms with Gasteiger partial charge in [-0.05, 0) is 26.7 Å². The molecule has 2 rings (SSSR count). The van der Waals surface area contributed by atoms with Crippen molar-refractivity contribution in [3.8, 4) is 6.01 Å². The van der Waals surface area contributed by atoms with Crippen LogP contribution in [0.5, 0.6) is 6.01 Å². The maximum atomic E-state index is 5.59. The lowest BCUT2D eigenvalue weighted by Crippen LogP contribution is -2.27. The molecular formula is C13H23N5O. The van der Waals surface area contributed by atoms with Gasteiger partial charge in [-0.2, -0.15) is 15.0 Å². The number of rotatable bonds is 4. The average molecular weight is 265 g/mol. The second-order valence-corrected chi connectivity index (χ2v) is 5.06. The van der Waals surface area contributed by atoms with Crippen LogP contribution in [0.1, 0.15) is 39.5 Å². The van der Waals surface area contributed by atoms with E-state index in [1.54, 1.807) is 7.05 Å². The van der Waals surface area contributed by atoms with Crippen LogP contribution in [0.4, 0.5) is 11.9 Å². The zero-order valence-corrected chi connectivity index (χ0v) is 12.0. The van der Waals surface area contributed by atoms with Gasteiger partial charge in [0.05, 0.1) is 6.10 Å². The summed E-state index contributed by atoms with van der Waals surface area (Å²) in [5, 5.41) is 2.97. The van der Waals surface area contributed by atoms with Crippen molar-refractivity contribution in [1.82, 2.24) is 15.0 Å². The van der Waals surface area contributed by atoms with E-state index in [0.29, 0.717) is 12.0 Å². The maximum Gasteiger partial charge on any atom is 0.323 e. The highest BCUT2D eigenvalue weighted by molar-refractivity contribution is 5.38. The van der Waals surface area contributed by atoms with Crippen LogP contribution in [0, 0.1) is 0 Å². The predicted molar refractivity (Wildman–Crippen MR) is 75.8 cm³/mol. The van der Waals surface area contributed by atoms with E-state index in [-0.39, 0.29) is 6.10 Å². The first-order chi connectivity index (χ1) is 9.19. The van der Waals surface area contributed by atoms with E-state index in [1.165, 1.54) is 25.7 Å². The molecule has 0 aliphatic carbocycles. The van der Waals surface area contributed by atoms with Crippen LogP contribution in [0.2, 0.25) is 0 Å². The van der Waals surface area contributed by atoms with E-state index in [9.17, 15) is 0 Å². The molecule has 1 fully saturated rings. The van der Waals surface area contributed by atoms with Gasteiger partial charge in [-0.3, -0.25) is 0 Å². The van der Waals surface area contributed by atoms with Crippen molar-refractivity contribution < 1.29 is 4.74 Å². The van der Waals surface area contributed by atoms with Gasteiger partial charge in [0.1, 0.15) is 0 Å². The van der Waals surface area contributed by atoms with Crippen LogP contribution in [-0.2, 0) is 0 Å². The molecule has 0 radical (unpaired) electrons. The molecule has 1 aliphatic rings. The number of nitrogens with one attached hydrogen (secondary N) is 1. The summed E-state index contributed by atoms with van der Waals surface area (Å²) in [5.74, 6) is 1.28. The maximum absolute atomic E-state index is 5.59. The predicted octanol–water partition coefficient (Wildman–Crippen LogP) is 2.08. The average Bonchev–Trinajstić information content (AvgIpc) is 2.66. The van der Waals surface area contributed by atoms with Crippen LogP contribution in [0.3, 0.4) is 0 Å².